The fraction of sp³-hybridized carbons (Fsp3) is 0.333. The molecule has 3 N–H and O–H groups in total. The van der Waals surface area contributed by atoms with Gasteiger partial charge in [0.1, 0.15) is 11.9 Å². The van der Waals surface area contributed by atoms with Gasteiger partial charge in [0.15, 0.2) is 5.54 Å². The number of azide groups is 1. The lowest BCUT2D eigenvalue weighted by Crippen LogP contribution is -2.57. The van der Waals surface area contributed by atoms with Gasteiger partial charge in [0.2, 0.25) is 5.90 Å². The van der Waals surface area contributed by atoms with Crippen molar-refractivity contribution < 1.29 is 19.4 Å². The molecule has 3 aromatic carbocycles. The molecule has 1 aliphatic carbocycles. The molecule has 2 aliphatic rings. The number of ether oxygens (including phenoxy) is 2. The Bertz CT molecular complexity index is 1410. The van der Waals surface area contributed by atoms with Crippen LogP contribution in [0.25, 0.3) is 10.4 Å². The van der Waals surface area contributed by atoms with Crippen LogP contribution in [0.15, 0.2) is 82.9 Å². The van der Waals surface area contributed by atoms with Crippen LogP contribution in [0.1, 0.15) is 35.6 Å². The van der Waals surface area contributed by atoms with Gasteiger partial charge in [0, 0.05) is 41.7 Å². The molecule has 0 fully saturated rings. The van der Waals surface area contributed by atoms with E-state index in [4.69, 9.17) is 25.1 Å². The van der Waals surface area contributed by atoms with Crippen molar-refractivity contribution in [3.63, 3.8) is 0 Å². The second kappa shape index (κ2) is 12.2. The van der Waals surface area contributed by atoms with E-state index in [-0.39, 0.29) is 25.0 Å². The summed E-state index contributed by atoms with van der Waals surface area (Å²) in [5, 5.41) is 12.8. The third kappa shape index (κ3) is 5.79. The van der Waals surface area contributed by atoms with Crippen molar-refractivity contribution in [2.75, 3.05) is 13.2 Å². The van der Waals surface area contributed by atoms with E-state index < -0.39 is 11.6 Å². The van der Waals surface area contributed by atoms with E-state index in [1.165, 1.54) is 11.1 Å². The minimum atomic E-state index is -1.31. The number of aliphatic hydroxyl groups is 1. The molecule has 3 aromatic rings. The summed E-state index contributed by atoms with van der Waals surface area (Å²) in [5.41, 5.74) is 18.3. The Hall–Kier alpha value is -4.37. The quantitative estimate of drug-likeness (QED) is 0.109. The maximum absolute atomic E-state index is 14.0. The van der Waals surface area contributed by atoms with Gasteiger partial charge < -0.3 is 14.6 Å². The molecule has 0 aromatic heterocycles. The number of benzene rings is 3. The maximum atomic E-state index is 14.0. The zero-order valence-electron chi connectivity index (χ0n) is 22.3. The third-order valence-corrected chi connectivity index (χ3v) is 7.37. The van der Waals surface area contributed by atoms with Gasteiger partial charge in [-0.1, -0.05) is 53.6 Å². The molecule has 10 nitrogen and oxygen atoms in total. The molecule has 1 heterocycles. The number of rotatable bonds is 11. The predicted octanol–water partition coefficient (Wildman–Crippen LogP) is 4.32. The topological polar surface area (TPSA) is 141 Å². The molecule has 206 valence electrons. The second-order valence-electron chi connectivity index (χ2n) is 10.0. The standard InChI is InChI=1S/C30H32N6O4/c1-20-30(19-24-9-4-5-10-27(24)34-36-31,29(38)35-33-25-17-22-7-2-3-8-23(22)18-25)32-28(40-20)21-11-13-26(14-12-21)39-16-6-15-37/h2-5,7-14,20,25,33,37H,6,15-19H2,1H3,(H,35,38)/t20-,30-/m0/s1. The van der Waals surface area contributed by atoms with Gasteiger partial charge in [-0.25, -0.2) is 10.4 Å². The van der Waals surface area contributed by atoms with Gasteiger partial charge in [-0.15, -0.1) is 0 Å². The first-order valence-corrected chi connectivity index (χ1v) is 13.4. The Morgan fingerprint density at radius 2 is 1.82 bits per heavy atom. The van der Waals surface area contributed by atoms with Crippen LogP contribution < -0.4 is 15.6 Å². The van der Waals surface area contributed by atoms with Crippen molar-refractivity contribution in [3.05, 3.63) is 105 Å². The Morgan fingerprint density at radius 3 is 2.52 bits per heavy atom. The van der Waals surface area contributed by atoms with Crippen molar-refractivity contribution in [2.45, 2.75) is 50.3 Å². The molecular formula is C30H32N6O4. The number of hydrogen-bond acceptors (Lipinski definition) is 7. The summed E-state index contributed by atoms with van der Waals surface area (Å²) in [6.45, 7) is 2.30. The van der Waals surface area contributed by atoms with E-state index in [0.717, 1.165) is 12.8 Å². The summed E-state index contributed by atoms with van der Waals surface area (Å²) in [6.07, 6.45) is 1.75. The Kier molecular flexibility index (Phi) is 8.31. The van der Waals surface area contributed by atoms with E-state index in [9.17, 15) is 4.79 Å². The smallest absolute Gasteiger partial charge is 0.266 e. The van der Waals surface area contributed by atoms with Crippen molar-refractivity contribution in [3.8, 4) is 5.75 Å². The van der Waals surface area contributed by atoms with E-state index in [2.05, 4.69) is 33.0 Å². The maximum Gasteiger partial charge on any atom is 0.266 e. The van der Waals surface area contributed by atoms with Gasteiger partial charge in [-0.2, -0.15) is 0 Å². The molecule has 0 spiro atoms. The van der Waals surface area contributed by atoms with Crippen molar-refractivity contribution in [1.29, 1.82) is 0 Å². The summed E-state index contributed by atoms with van der Waals surface area (Å²) >= 11 is 0. The average molecular weight is 541 g/mol. The fourth-order valence-electron chi connectivity index (χ4n) is 5.18. The molecule has 0 saturated heterocycles. The zero-order valence-corrected chi connectivity index (χ0v) is 22.3. The molecule has 5 rings (SSSR count). The zero-order chi connectivity index (χ0) is 28.0. The summed E-state index contributed by atoms with van der Waals surface area (Å²) in [7, 11) is 0. The highest BCUT2D eigenvalue weighted by molar-refractivity contribution is 6.00. The molecule has 10 heteroatoms. The first-order chi connectivity index (χ1) is 19.5. The fourth-order valence-corrected chi connectivity index (χ4v) is 5.18. The highest BCUT2D eigenvalue weighted by Gasteiger charge is 2.50. The number of carbonyl (C=O) groups excluding carboxylic acids is 1. The van der Waals surface area contributed by atoms with E-state index in [0.29, 0.717) is 41.5 Å². The normalized spacial score (nSPS) is 19.8. The van der Waals surface area contributed by atoms with Crippen LogP contribution in [0.5, 0.6) is 5.75 Å². The van der Waals surface area contributed by atoms with Crippen molar-refractivity contribution in [2.24, 2.45) is 10.1 Å². The molecule has 0 saturated carbocycles. The van der Waals surface area contributed by atoms with Gasteiger partial charge in [-0.3, -0.25) is 10.2 Å². The number of fused-ring (bicyclic) bond motifs is 1. The first-order valence-electron chi connectivity index (χ1n) is 13.4. The SMILES string of the molecule is C[C@@H]1OC(c2ccc(OCCCO)cc2)=N[C@]1(Cc1ccccc1N=[N+]=[N-])C(=O)NNC1Cc2ccccc2C1. The number of aliphatic imine (C=N–C) groups is 1. The molecule has 0 bridgehead atoms. The van der Waals surface area contributed by atoms with Gasteiger partial charge in [0.05, 0.1) is 6.61 Å². The third-order valence-electron chi connectivity index (χ3n) is 7.37. The van der Waals surface area contributed by atoms with Crippen LogP contribution in [0.4, 0.5) is 5.69 Å². The van der Waals surface area contributed by atoms with Crippen LogP contribution in [-0.2, 0) is 28.8 Å². The lowest BCUT2D eigenvalue weighted by molar-refractivity contribution is -0.129. The lowest BCUT2D eigenvalue weighted by Gasteiger charge is -2.29. The molecular weight excluding hydrogens is 508 g/mol. The van der Waals surface area contributed by atoms with E-state index >= 15 is 0 Å². The van der Waals surface area contributed by atoms with E-state index in [1.54, 1.807) is 24.3 Å². The van der Waals surface area contributed by atoms with Crippen LogP contribution in [0.3, 0.4) is 0 Å². The molecule has 40 heavy (non-hydrogen) atoms. The Morgan fingerprint density at radius 1 is 1.12 bits per heavy atom. The number of nitrogens with one attached hydrogen (secondary N) is 2. The number of amides is 1. The van der Waals surface area contributed by atoms with Gasteiger partial charge in [0.25, 0.3) is 5.91 Å². The summed E-state index contributed by atoms with van der Waals surface area (Å²) < 4.78 is 11.8. The number of carbonyl (C=O) groups is 1. The van der Waals surface area contributed by atoms with E-state index in [1.807, 2.05) is 43.3 Å². The first kappa shape index (κ1) is 27.2. The van der Waals surface area contributed by atoms with Crippen molar-refractivity contribution in [1.82, 2.24) is 10.9 Å². The Balaban J connectivity index is 1.41. The van der Waals surface area contributed by atoms with Crippen LogP contribution in [-0.4, -0.2) is 47.8 Å². The number of aliphatic hydroxyl groups excluding tert-OH is 1. The molecule has 2 atom stereocenters. The largest absolute Gasteiger partial charge is 0.494 e. The number of hydrogen-bond donors (Lipinski definition) is 3. The highest BCUT2D eigenvalue weighted by atomic mass is 16.5. The van der Waals surface area contributed by atoms with Gasteiger partial charge >= 0.3 is 0 Å². The minimum Gasteiger partial charge on any atom is -0.494 e. The molecule has 0 unspecified atom stereocenters. The Labute approximate surface area is 232 Å². The predicted molar refractivity (Wildman–Crippen MR) is 151 cm³/mol. The van der Waals surface area contributed by atoms with Crippen LogP contribution in [0.2, 0.25) is 0 Å². The molecule has 0 radical (unpaired) electrons. The molecule has 1 aliphatic heterocycles. The van der Waals surface area contributed by atoms with Crippen molar-refractivity contribution >= 4 is 17.5 Å². The summed E-state index contributed by atoms with van der Waals surface area (Å²) in [4.78, 5) is 21.8. The average Bonchev–Trinajstić information content (AvgIpc) is 3.54. The highest BCUT2D eigenvalue weighted by Crippen LogP contribution is 2.35. The second-order valence-corrected chi connectivity index (χ2v) is 10.0. The van der Waals surface area contributed by atoms with Gasteiger partial charge in [-0.05, 0) is 66.3 Å². The number of nitrogens with zero attached hydrogens (tertiary/aromatic N) is 4. The van der Waals surface area contributed by atoms with Crippen LogP contribution in [0, 0.1) is 0 Å². The minimum absolute atomic E-state index is 0.0633. The summed E-state index contributed by atoms with van der Waals surface area (Å²) in [5.74, 6) is 0.683. The summed E-state index contributed by atoms with van der Waals surface area (Å²) in [6, 6.07) is 22.8. The number of hydrazine groups is 1. The lowest BCUT2D eigenvalue weighted by atomic mass is 9.85. The van der Waals surface area contributed by atoms with Crippen LogP contribution >= 0.6 is 0 Å². The monoisotopic (exact) mass is 540 g/mol. The molecule has 1 amide bonds.